The molecule has 2 heterocycles. The van der Waals surface area contributed by atoms with Gasteiger partial charge in [0.1, 0.15) is 11.7 Å². The highest BCUT2D eigenvalue weighted by Crippen LogP contribution is 2.61. The summed E-state index contributed by atoms with van der Waals surface area (Å²) in [6.45, 7) is 14.6. The van der Waals surface area contributed by atoms with E-state index in [1.165, 1.54) is 99.4 Å². The molecule has 5 aliphatic carbocycles. The Hall–Kier alpha value is -6.26. The average Bonchev–Trinajstić information content (AvgIpc) is 4.02. The van der Waals surface area contributed by atoms with Crippen LogP contribution in [0.3, 0.4) is 0 Å². The van der Waals surface area contributed by atoms with E-state index in [1.807, 2.05) is 0 Å². The zero-order valence-corrected chi connectivity index (χ0v) is 34.4. The summed E-state index contributed by atoms with van der Waals surface area (Å²) in [5.41, 5.74) is 18.5. The Bertz CT molecular complexity index is 2950. The molecule has 2 aliphatic heterocycles. The summed E-state index contributed by atoms with van der Waals surface area (Å²) in [6.07, 6.45) is 17.4. The topological polar surface area (TPSA) is 48.8 Å². The lowest BCUT2D eigenvalue weighted by molar-refractivity contribution is 0.649. The van der Waals surface area contributed by atoms with Crippen LogP contribution in [0.2, 0.25) is 0 Å². The van der Waals surface area contributed by atoms with Crippen LogP contribution in [0.4, 0.5) is 0 Å². The number of hydrogen-bond acceptors (Lipinski definition) is 4. The summed E-state index contributed by atoms with van der Waals surface area (Å²) in [7, 11) is 0. The lowest BCUT2D eigenvalue weighted by Crippen LogP contribution is -2.33. The Morgan fingerprint density at radius 1 is 0.390 bits per heavy atom. The zero-order chi connectivity index (χ0) is 39.7. The molecule has 0 saturated carbocycles. The van der Waals surface area contributed by atoms with Crippen molar-refractivity contribution in [1.82, 2.24) is 10.6 Å². The Morgan fingerprint density at radius 2 is 0.729 bits per heavy atom. The van der Waals surface area contributed by atoms with Crippen molar-refractivity contribution in [3.05, 3.63) is 178 Å². The molecular weight excluding hydrogens is 717 g/mol. The normalized spacial score (nSPS) is 24.4. The number of allylic oxidation sites excluding steroid dienone is 4. The van der Waals surface area contributed by atoms with Gasteiger partial charge in [-0.05, 0) is 125 Å². The number of benzene rings is 6. The van der Waals surface area contributed by atoms with Crippen LogP contribution in [-0.4, -0.2) is 35.8 Å². The van der Waals surface area contributed by atoms with Crippen LogP contribution in [0.1, 0.15) is 86.1 Å². The van der Waals surface area contributed by atoms with Crippen molar-refractivity contribution in [1.29, 1.82) is 0 Å². The molecule has 0 aromatic heterocycles. The third kappa shape index (κ3) is 4.24. The summed E-state index contributed by atoms with van der Waals surface area (Å²) in [6, 6.07) is 33.9. The highest BCUT2D eigenvalue weighted by molar-refractivity contribution is 6.17. The van der Waals surface area contributed by atoms with Gasteiger partial charge in [-0.25, -0.2) is 0 Å². The van der Waals surface area contributed by atoms with E-state index in [2.05, 4.69) is 186 Å². The number of nitrogens with zero attached hydrogens (tertiary/aromatic N) is 2. The summed E-state index contributed by atoms with van der Waals surface area (Å²) >= 11 is 0. The van der Waals surface area contributed by atoms with Gasteiger partial charge in [-0.2, -0.15) is 0 Å². The molecule has 0 saturated heterocycles. The fraction of sp³-hybridized carbons (Fsp3) is 0.236. The van der Waals surface area contributed by atoms with E-state index in [1.54, 1.807) is 0 Å². The molecule has 6 aromatic rings. The minimum absolute atomic E-state index is 0.135. The summed E-state index contributed by atoms with van der Waals surface area (Å²) < 4.78 is 0. The molecule has 0 bridgehead atoms. The predicted molar refractivity (Wildman–Crippen MR) is 245 cm³/mol. The molecule has 0 spiro atoms. The van der Waals surface area contributed by atoms with Gasteiger partial charge in [-0.3, -0.25) is 9.98 Å². The van der Waals surface area contributed by atoms with E-state index in [0.717, 1.165) is 11.7 Å². The first kappa shape index (κ1) is 33.7. The second-order valence-corrected chi connectivity index (χ2v) is 19.4. The van der Waals surface area contributed by atoms with Crippen LogP contribution < -0.4 is 10.6 Å². The maximum Gasteiger partial charge on any atom is 0.130 e. The minimum Gasteiger partial charge on any atom is -0.361 e. The second kappa shape index (κ2) is 11.1. The lowest BCUT2D eigenvalue weighted by Gasteiger charge is -2.25. The van der Waals surface area contributed by atoms with Crippen molar-refractivity contribution in [2.24, 2.45) is 9.98 Å². The van der Waals surface area contributed by atoms with Gasteiger partial charge in [-0.1, -0.05) is 139 Å². The number of amidine groups is 2. The number of nitrogens with one attached hydrogen (secondary N) is 2. The second-order valence-electron chi connectivity index (χ2n) is 19.4. The molecule has 0 radical (unpaired) electrons. The fourth-order valence-electron chi connectivity index (χ4n) is 12.0. The third-order valence-electron chi connectivity index (χ3n) is 15.2. The quantitative estimate of drug-likeness (QED) is 0.185. The Labute approximate surface area is 345 Å². The van der Waals surface area contributed by atoms with Crippen LogP contribution in [0.15, 0.2) is 144 Å². The van der Waals surface area contributed by atoms with Crippen molar-refractivity contribution < 1.29 is 0 Å². The zero-order valence-electron chi connectivity index (χ0n) is 34.4. The SMILES string of the molecule is CC1(C)c2cc3c(cc2-c2cc4c(cc21)-c1c(cc(C2=NC5C=CC=CC5N2)c2ccccc12)C4(C)C)C(C)(C)c1cc(C2=NC4C=CC=CC4N2)c2ccccc2c1-3. The molecule has 4 atom stereocenters. The van der Waals surface area contributed by atoms with Gasteiger partial charge in [0.2, 0.25) is 0 Å². The van der Waals surface area contributed by atoms with Crippen LogP contribution >= 0.6 is 0 Å². The Morgan fingerprint density at radius 3 is 1.15 bits per heavy atom. The molecule has 7 aliphatic rings. The van der Waals surface area contributed by atoms with Crippen molar-refractivity contribution in [3.63, 3.8) is 0 Å². The van der Waals surface area contributed by atoms with Gasteiger partial charge >= 0.3 is 0 Å². The molecule has 0 fully saturated rings. The monoisotopic (exact) mass is 762 g/mol. The van der Waals surface area contributed by atoms with E-state index < -0.39 is 0 Å². The van der Waals surface area contributed by atoms with Crippen LogP contribution in [0, 0.1) is 0 Å². The molecule has 286 valence electrons. The fourth-order valence-corrected chi connectivity index (χ4v) is 12.0. The van der Waals surface area contributed by atoms with E-state index in [-0.39, 0.29) is 40.4 Å². The first-order valence-corrected chi connectivity index (χ1v) is 21.4. The summed E-state index contributed by atoms with van der Waals surface area (Å²) in [5.74, 6) is 1.99. The van der Waals surface area contributed by atoms with Gasteiger partial charge in [0.25, 0.3) is 0 Å². The van der Waals surface area contributed by atoms with E-state index in [4.69, 9.17) is 9.98 Å². The summed E-state index contributed by atoms with van der Waals surface area (Å²) in [5, 5.41) is 12.7. The van der Waals surface area contributed by atoms with E-state index in [9.17, 15) is 0 Å². The van der Waals surface area contributed by atoms with Crippen molar-refractivity contribution >= 4 is 33.2 Å². The van der Waals surface area contributed by atoms with E-state index >= 15 is 0 Å². The van der Waals surface area contributed by atoms with Gasteiger partial charge in [0, 0.05) is 27.4 Å². The molecule has 59 heavy (non-hydrogen) atoms. The Kier molecular flexibility index (Phi) is 6.32. The maximum atomic E-state index is 5.21. The van der Waals surface area contributed by atoms with Gasteiger partial charge in [-0.15, -0.1) is 0 Å². The molecule has 4 nitrogen and oxygen atoms in total. The molecule has 2 N–H and O–H groups in total. The molecule has 6 aromatic carbocycles. The van der Waals surface area contributed by atoms with Gasteiger partial charge < -0.3 is 10.6 Å². The smallest absolute Gasteiger partial charge is 0.130 e. The standard InChI is InChI=1S/C55H46N4/c1-53(2)39-27-37-41(54(3,4)43-25-35(29-15-7-9-17-31(29)49(37)43)51-56-45-19-11-12-20-46(45)57-51)23-33(39)34-24-42-38(28-40(34)53)50-32-18-10-8-16-30(32)36(26-44(50)55(42,5)6)52-58-47-21-13-14-22-48(47)59-52/h7-28,45-48H,1-6H3,(H,56,57)(H,58,59). The Balaban J connectivity index is 0.975. The third-order valence-corrected chi connectivity index (χ3v) is 15.2. The van der Waals surface area contributed by atoms with Crippen LogP contribution in [-0.2, 0) is 16.2 Å². The molecule has 13 rings (SSSR count). The molecular formula is C55H46N4. The van der Waals surface area contributed by atoms with Gasteiger partial charge in [0.15, 0.2) is 0 Å². The number of hydrogen-bond donors (Lipinski definition) is 2. The van der Waals surface area contributed by atoms with Crippen LogP contribution in [0.5, 0.6) is 0 Å². The molecule has 4 unspecified atom stereocenters. The number of aliphatic imine (C=N–C) groups is 2. The molecule has 0 amide bonds. The highest BCUT2D eigenvalue weighted by Gasteiger charge is 2.46. The molecule has 4 heteroatoms. The maximum absolute atomic E-state index is 5.21. The largest absolute Gasteiger partial charge is 0.361 e. The van der Waals surface area contributed by atoms with E-state index in [0.29, 0.717) is 0 Å². The first-order valence-electron chi connectivity index (χ1n) is 21.4. The first-order chi connectivity index (χ1) is 28.5. The minimum atomic E-state index is -0.196. The number of fused-ring (bicyclic) bond motifs is 15. The predicted octanol–water partition coefficient (Wildman–Crippen LogP) is 11.3. The van der Waals surface area contributed by atoms with Crippen molar-refractivity contribution in [2.75, 3.05) is 0 Å². The van der Waals surface area contributed by atoms with Gasteiger partial charge in [0.05, 0.1) is 24.2 Å². The average molecular weight is 763 g/mol. The lowest BCUT2D eigenvalue weighted by atomic mass is 9.78. The van der Waals surface area contributed by atoms with Crippen molar-refractivity contribution in [3.8, 4) is 33.4 Å². The number of rotatable bonds is 2. The summed E-state index contributed by atoms with van der Waals surface area (Å²) in [4.78, 5) is 10.4. The van der Waals surface area contributed by atoms with Crippen LogP contribution in [0.25, 0.3) is 54.9 Å². The van der Waals surface area contributed by atoms with Crippen molar-refractivity contribution in [2.45, 2.75) is 82.0 Å². The highest BCUT2D eigenvalue weighted by atomic mass is 15.1.